The number of halogens is 1. The summed E-state index contributed by atoms with van der Waals surface area (Å²) < 4.78 is 6.20. The van der Waals surface area contributed by atoms with Crippen molar-refractivity contribution >= 4 is 33.6 Å². The molecular weight excluding hydrogens is 450 g/mol. The van der Waals surface area contributed by atoms with Crippen molar-refractivity contribution in [2.75, 3.05) is 6.54 Å². The molecular formula is C22H16BrN3O4. The fourth-order valence-electron chi connectivity index (χ4n) is 2.74. The molecule has 0 unspecified atom stereocenters. The first-order valence-corrected chi connectivity index (χ1v) is 9.75. The molecule has 1 aromatic heterocycles. The minimum atomic E-state index is -0.486. The average Bonchev–Trinajstić information content (AvgIpc) is 3.20. The minimum absolute atomic E-state index is 0.0451. The molecule has 2 aromatic carbocycles. The van der Waals surface area contributed by atoms with E-state index in [0.717, 1.165) is 5.56 Å². The number of amides is 1. The molecule has 1 heterocycles. The Balaban J connectivity index is 1.69. The summed E-state index contributed by atoms with van der Waals surface area (Å²) in [7, 11) is 0. The normalized spacial score (nSPS) is 11.0. The fraction of sp³-hybridized carbons (Fsp3) is 0.0909. The van der Waals surface area contributed by atoms with E-state index in [1.54, 1.807) is 18.2 Å². The van der Waals surface area contributed by atoms with E-state index in [9.17, 15) is 20.2 Å². The van der Waals surface area contributed by atoms with Crippen molar-refractivity contribution < 1.29 is 14.1 Å². The maximum absolute atomic E-state index is 12.3. The lowest BCUT2D eigenvalue weighted by atomic mass is 10.1. The molecule has 3 rings (SSSR count). The Morgan fingerprint density at radius 3 is 2.63 bits per heavy atom. The smallest absolute Gasteiger partial charge is 0.270 e. The Morgan fingerprint density at radius 1 is 1.20 bits per heavy atom. The van der Waals surface area contributed by atoms with Crippen molar-refractivity contribution in [3.8, 4) is 17.4 Å². The van der Waals surface area contributed by atoms with E-state index in [4.69, 9.17) is 4.42 Å². The van der Waals surface area contributed by atoms with Gasteiger partial charge in [0.15, 0.2) is 0 Å². The molecule has 0 saturated heterocycles. The summed E-state index contributed by atoms with van der Waals surface area (Å²) in [5, 5.41) is 22.9. The van der Waals surface area contributed by atoms with Gasteiger partial charge in [-0.1, -0.05) is 30.3 Å². The number of furan rings is 1. The predicted octanol–water partition coefficient (Wildman–Crippen LogP) is 4.88. The van der Waals surface area contributed by atoms with Crippen LogP contribution in [0, 0.1) is 21.4 Å². The average molecular weight is 466 g/mol. The standard InChI is InChI=1S/C22H16BrN3O4/c23-20-13-17(26(28)29)6-8-19(20)21-9-7-18(30-21)12-16(14-24)22(27)25-11-10-15-4-2-1-3-5-15/h1-9,12-13H,10-11H2,(H,25,27)/b16-12+. The number of nitriles is 1. The van der Waals surface area contributed by atoms with Gasteiger partial charge in [0.1, 0.15) is 23.2 Å². The Bertz CT molecular complexity index is 1150. The van der Waals surface area contributed by atoms with Gasteiger partial charge in [0, 0.05) is 34.8 Å². The van der Waals surface area contributed by atoms with Crippen molar-refractivity contribution in [2.24, 2.45) is 0 Å². The second-order valence-electron chi connectivity index (χ2n) is 6.28. The molecule has 7 nitrogen and oxygen atoms in total. The van der Waals surface area contributed by atoms with Crippen LogP contribution in [-0.4, -0.2) is 17.4 Å². The zero-order valence-electron chi connectivity index (χ0n) is 15.7. The monoisotopic (exact) mass is 465 g/mol. The van der Waals surface area contributed by atoms with Crippen molar-refractivity contribution in [2.45, 2.75) is 6.42 Å². The highest BCUT2D eigenvalue weighted by atomic mass is 79.9. The molecule has 0 aliphatic heterocycles. The van der Waals surface area contributed by atoms with Crippen LogP contribution in [0.15, 0.2) is 75.1 Å². The van der Waals surface area contributed by atoms with Crippen molar-refractivity contribution in [3.63, 3.8) is 0 Å². The van der Waals surface area contributed by atoms with Crippen molar-refractivity contribution in [1.82, 2.24) is 5.32 Å². The second kappa shape index (κ2) is 9.67. The summed E-state index contributed by atoms with van der Waals surface area (Å²) in [5.74, 6) is 0.290. The highest BCUT2D eigenvalue weighted by molar-refractivity contribution is 9.10. The lowest BCUT2D eigenvalue weighted by Crippen LogP contribution is -2.26. The number of nitrogens with zero attached hydrogens (tertiary/aromatic N) is 2. The zero-order chi connectivity index (χ0) is 21.5. The summed E-state index contributed by atoms with van der Waals surface area (Å²) in [6.07, 6.45) is 2.02. The third kappa shape index (κ3) is 5.21. The molecule has 0 spiro atoms. The van der Waals surface area contributed by atoms with Crippen LogP contribution in [0.25, 0.3) is 17.4 Å². The molecule has 0 atom stereocenters. The van der Waals surface area contributed by atoms with E-state index in [-0.39, 0.29) is 11.3 Å². The van der Waals surface area contributed by atoms with Gasteiger partial charge in [-0.15, -0.1) is 0 Å². The quantitative estimate of drug-likeness (QED) is 0.231. The minimum Gasteiger partial charge on any atom is -0.457 e. The lowest BCUT2D eigenvalue weighted by Gasteiger charge is -2.04. The Morgan fingerprint density at radius 2 is 1.97 bits per heavy atom. The van der Waals surface area contributed by atoms with Crippen LogP contribution in [0.4, 0.5) is 5.69 Å². The van der Waals surface area contributed by atoms with E-state index in [2.05, 4.69) is 21.2 Å². The maximum Gasteiger partial charge on any atom is 0.270 e. The molecule has 0 radical (unpaired) electrons. The predicted molar refractivity (Wildman–Crippen MR) is 115 cm³/mol. The highest BCUT2D eigenvalue weighted by Gasteiger charge is 2.14. The summed E-state index contributed by atoms with van der Waals surface area (Å²) in [6.45, 7) is 0.404. The topological polar surface area (TPSA) is 109 Å². The molecule has 8 heteroatoms. The van der Waals surface area contributed by atoms with Crippen LogP contribution < -0.4 is 5.32 Å². The molecule has 0 bridgehead atoms. The van der Waals surface area contributed by atoms with Gasteiger partial charge in [0.25, 0.3) is 11.6 Å². The molecule has 0 aliphatic rings. The number of nitro groups is 1. The third-order valence-electron chi connectivity index (χ3n) is 4.25. The highest BCUT2D eigenvalue weighted by Crippen LogP contribution is 2.32. The lowest BCUT2D eigenvalue weighted by molar-refractivity contribution is -0.384. The first-order chi connectivity index (χ1) is 14.5. The third-order valence-corrected chi connectivity index (χ3v) is 4.91. The van der Waals surface area contributed by atoms with Gasteiger partial charge >= 0.3 is 0 Å². The molecule has 3 aromatic rings. The van der Waals surface area contributed by atoms with Crippen LogP contribution in [0.5, 0.6) is 0 Å². The Kier molecular flexibility index (Phi) is 6.78. The summed E-state index contributed by atoms with van der Waals surface area (Å²) in [4.78, 5) is 22.7. The van der Waals surface area contributed by atoms with Crippen LogP contribution >= 0.6 is 15.9 Å². The van der Waals surface area contributed by atoms with Crippen molar-refractivity contribution in [3.05, 3.63) is 92.1 Å². The maximum atomic E-state index is 12.3. The molecule has 150 valence electrons. The molecule has 30 heavy (non-hydrogen) atoms. The Labute approximate surface area is 180 Å². The summed E-state index contributed by atoms with van der Waals surface area (Å²) >= 11 is 3.30. The zero-order valence-corrected chi connectivity index (χ0v) is 17.3. The van der Waals surface area contributed by atoms with Crippen LogP contribution in [-0.2, 0) is 11.2 Å². The van der Waals surface area contributed by atoms with Crippen molar-refractivity contribution in [1.29, 1.82) is 5.26 Å². The number of hydrogen-bond acceptors (Lipinski definition) is 5. The van der Waals surface area contributed by atoms with E-state index in [1.165, 1.54) is 18.2 Å². The first-order valence-electron chi connectivity index (χ1n) is 8.96. The van der Waals surface area contributed by atoms with E-state index in [0.29, 0.717) is 34.5 Å². The van der Waals surface area contributed by atoms with Gasteiger partial charge in [-0.2, -0.15) is 5.26 Å². The van der Waals surface area contributed by atoms with E-state index < -0.39 is 10.8 Å². The van der Waals surface area contributed by atoms with Gasteiger partial charge < -0.3 is 9.73 Å². The number of nitro benzene ring substituents is 1. The van der Waals surface area contributed by atoms with Gasteiger partial charge in [-0.3, -0.25) is 14.9 Å². The van der Waals surface area contributed by atoms with Crippen LogP contribution in [0.3, 0.4) is 0 Å². The van der Waals surface area contributed by atoms with E-state index >= 15 is 0 Å². The number of rotatable bonds is 7. The summed E-state index contributed by atoms with van der Waals surface area (Å²) in [6, 6.07) is 19.2. The van der Waals surface area contributed by atoms with E-state index in [1.807, 2.05) is 36.4 Å². The summed E-state index contributed by atoms with van der Waals surface area (Å²) in [5.41, 5.74) is 1.58. The SMILES string of the molecule is N#C/C(=C\c1ccc(-c2ccc([N+](=O)[O-])cc2Br)o1)C(=O)NCCc1ccccc1. The largest absolute Gasteiger partial charge is 0.457 e. The molecule has 0 aliphatic carbocycles. The molecule has 1 N–H and O–H groups in total. The molecule has 0 saturated carbocycles. The van der Waals surface area contributed by atoms with Gasteiger partial charge in [-0.25, -0.2) is 0 Å². The Hall–Kier alpha value is -3.70. The van der Waals surface area contributed by atoms with Crippen LogP contribution in [0.2, 0.25) is 0 Å². The number of carbonyl (C=O) groups is 1. The fourth-order valence-corrected chi connectivity index (χ4v) is 3.31. The first kappa shape index (κ1) is 21.0. The van der Waals surface area contributed by atoms with Gasteiger partial charge in [0.2, 0.25) is 0 Å². The molecule has 0 fully saturated rings. The number of carbonyl (C=O) groups excluding carboxylic acids is 1. The van der Waals surface area contributed by atoms with Crippen LogP contribution in [0.1, 0.15) is 11.3 Å². The number of hydrogen-bond donors (Lipinski definition) is 1. The second-order valence-corrected chi connectivity index (χ2v) is 7.14. The number of non-ortho nitro benzene ring substituents is 1. The van der Waals surface area contributed by atoms with Gasteiger partial charge in [0.05, 0.1) is 4.92 Å². The van der Waals surface area contributed by atoms with Gasteiger partial charge in [-0.05, 0) is 46.1 Å². The number of nitrogens with one attached hydrogen (secondary N) is 1. The molecule has 1 amide bonds. The number of benzene rings is 2.